The molecule has 0 N–H and O–H groups in total. The normalized spacial score (nSPS) is 9.00. The second-order valence-electron chi connectivity index (χ2n) is 1.70. The van der Waals surface area contributed by atoms with Crippen molar-refractivity contribution in [3.63, 3.8) is 0 Å². The molecule has 0 aromatic carbocycles. The van der Waals surface area contributed by atoms with Gasteiger partial charge in [0, 0.05) is 17.1 Å². The minimum Gasteiger partial charge on any atom is -0.388 e. The molecule has 0 aliphatic heterocycles. The molecule has 0 aromatic heterocycles. The Morgan fingerprint density at radius 2 is 2.40 bits per heavy atom. The second kappa shape index (κ2) is 5.68. The van der Waals surface area contributed by atoms with Crippen LogP contribution in [0.5, 0.6) is 0 Å². The van der Waals surface area contributed by atoms with Gasteiger partial charge in [0.25, 0.3) is 0 Å². The largest absolute Gasteiger partial charge is 0.388 e. The van der Waals surface area contributed by atoms with E-state index in [0.717, 1.165) is 12.0 Å². The molecule has 0 spiro atoms. The summed E-state index contributed by atoms with van der Waals surface area (Å²) in [5, 5.41) is 0. The zero-order chi connectivity index (χ0) is 7.98. The van der Waals surface area contributed by atoms with Crippen molar-refractivity contribution in [1.29, 1.82) is 0 Å². The summed E-state index contributed by atoms with van der Waals surface area (Å²) in [6.45, 7) is 5.04. The third-order valence-electron chi connectivity index (χ3n) is 0.658. The lowest BCUT2D eigenvalue weighted by Crippen LogP contribution is -1.99. The minimum atomic E-state index is -0.355. The zero-order valence-electron chi connectivity index (χ0n) is 5.79. The van der Waals surface area contributed by atoms with Crippen molar-refractivity contribution in [3.8, 4) is 0 Å². The summed E-state index contributed by atoms with van der Waals surface area (Å²) < 4.78 is 4.67. The Morgan fingerprint density at radius 3 is 2.80 bits per heavy atom. The summed E-state index contributed by atoms with van der Waals surface area (Å²) in [5.74, 6) is 1.06. The van der Waals surface area contributed by atoms with Crippen LogP contribution in [0.4, 0.5) is 0 Å². The smallest absolute Gasteiger partial charge is 0.345 e. The molecule has 0 fully saturated rings. The van der Waals surface area contributed by atoms with E-state index in [1.807, 2.05) is 0 Å². The maximum absolute atomic E-state index is 10.7. The number of rotatable bonds is 4. The summed E-state index contributed by atoms with van der Waals surface area (Å²) in [4.78, 5) is 10.7. The van der Waals surface area contributed by atoms with Gasteiger partial charge in [-0.25, -0.2) is 4.79 Å². The molecule has 0 atom stereocenters. The van der Waals surface area contributed by atoms with Crippen LogP contribution in [0.15, 0.2) is 12.2 Å². The zero-order valence-corrected chi connectivity index (χ0v) is 7.50. The van der Waals surface area contributed by atoms with E-state index in [1.165, 1.54) is 0 Å². The van der Waals surface area contributed by atoms with Crippen LogP contribution in [-0.2, 0) is 8.98 Å². The van der Waals surface area contributed by atoms with Crippen LogP contribution in [-0.4, -0.2) is 17.5 Å². The molecular formula is C6H10O2S2. The molecule has 0 bridgehead atoms. The monoisotopic (exact) mass is 178 g/mol. The maximum atomic E-state index is 10.7. The molecule has 0 radical (unpaired) electrons. The molecule has 0 aliphatic carbocycles. The molecule has 0 saturated carbocycles. The number of hydrogen-bond donors (Lipinski definition) is 1. The van der Waals surface area contributed by atoms with Gasteiger partial charge in [-0.15, -0.1) is 0 Å². The van der Waals surface area contributed by atoms with Crippen LogP contribution in [0.1, 0.15) is 6.92 Å². The topological polar surface area (TPSA) is 26.3 Å². The first kappa shape index (κ1) is 9.91. The van der Waals surface area contributed by atoms with E-state index in [2.05, 4.69) is 23.4 Å². The van der Waals surface area contributed by atoms with Gasteiger partial charge in [0.2, 0.25) is 0 Å². The van der Waals surface area contributed by atoms with Gasteiger partial charge in [-0.05, 0) is 6.92 Å². The number of carbonyl (C=O) groups excluding carboxylic acids is 1. The van der Waals surface area contributed by atoms with E-state index >= 15 is 0 Å². The first-order valence-electron chi connectivity index (χ1n) is 2.78. The van der Waals surface area contributed by atoms with Gasteiger partial charge in [-0.1, -0.05) is 6.58 Å². The fraction of sp³-hybridized carbons (Fsp3) is 0.500. The molecule has 0 amide bonds. The van der Waals surface area contributed by atoms with Gasteiger partial charge in [0.15, 0.2) is 0 Å². The average Bonchev–Trinajstić information content (AvgIpc) is 1.88. The van der Waals surface area contributed by atoms with Crippen molar-refractivity contribution >= 4 is 30.6 Å². The number of thiol groups is 1. The summed E-state index contributed by atoms with van der Waals surface area (Å²) in [5.41, 5.74) is 0.423. The summed E-state index contributed by atoms with van der Waals surface area (Å²) in [7, 11) is 0. The van der Waals surface area contributed by atoms with E-state index in [4.69, 9.17) is 0 Å². The lowest BCUT2D eigenvalue weighted by molar-refractivity contribution is -0.128. The lowest BCUT2D eigenvalue weighted by Gasteiger charge is -1.98. The fourth-order valence-electron chi connectivity index (χ4n) is 0.204. The van der Waals surface area contributed by atoms with Crippen molar-refractivity contribution in [1.82, 2.24) is 0 Å². The third-order valence-corrected chi connectivity index (χ3v) is 1.82. The van der Waals surface area contributed by atoms with E-state index in [1.54, 1.807) is 6.92 Å². The van der Waals surface area contributed by atoms with E-state index in [-0.39, 0.29) is 5.97 Å². The molecule has 0 aromatic rings. The Morgan fingerprint density at radius 1 is 1.80 bits per heavy atom. The maximum Gasteiger partial charge on any atom is 0.345 e. The van der Waals surface area contributed by atoms with Gasteiger partial charge in [0.1, 0.15) is 0 Å². The van der Waals surface area contributed by atoms with Crippen molar-refractivity contribution in [2.24, 2.45) is 0 Å². The lowest BCUT2D eigenvalue weighted by atomic mass is 10.4. The Labute approximate surface area is 70.6 Å². The molecule has 58 valence electrons. The number of carbonyl (C=O) groups is 1. The van der Waals surface area contributed by atoms with Crippen LogP contribution in [0, 0.1) is 0 Å². The van der Waals surface area contributed by atoms with Crippen molar-refractivity contribution < 1.29 is 8.98 Å². The molecule has 0 rings (SSSR count). The number of hydrogen-bond acceptors (Lipinski definition) is 4. The molecule has 0 aliphatic rings. The summed E-state index contributed by atoms with van der Waals surface area (Å²) >= 11 is 5.04. The Kier molecular flexibility index (Phi) is 5.63. The molecule has 2 nitrogen and oxygen atoms in total. The quantitative estimate of drug-likeness (QED) is 0.307. The highest BCUT2D eigenvalue weighted by Gasteiger charge is 2.01. The minimum absolute atomic E-state index is 0.355. The first-order valence-corrected chi connectivity index (χ1v) is 4.33. The highest BCUT2D eigenvalue weighted by atomic mass is 32.2. The van der Waals surface area contributed by atoms with Gasteiger partial charge < -0.3 is 4.18 Å². The molecular weight excluding hydrogens is 168 g/mol. The Bertz CT molecular complexity index is 134. The molecule has 0 saturated heterocycles. The molecule has 0 unspecified atom stereocenters. The molecule has 0 heterocycles. The van der Waals surface area contributed by atoms with Gasteiger partial charge in [-0.2, -0.15) is 12.6 Å². The van der Waals surface area contributed by atoms with Crippen molar-refractivity contribution in [2.75, 3.05) is 11.5 Å². The van der Waals surface area contributed by atoms with Crippen molar-refractivity contribution in [3.05, 3.63) is 12.2 Å². The summed E-state index contributed by atoms with van der Waals surface area (Å²) in [6, 6.07) is 0. The van der Waals surface area contributed by atoms with Gasteiger partial charge in [-0.3, -0.25) is 0 Å². The van der Waals surface area contributed by atoms with Crippen molar-refractivity contribution in [2.45, 2.75) is 6.92 Å². The predicted molar refractivity (Wildman–Crippen MR) is 47.2 cm³/mol. The first-order chi connectivity index (χ1) is 4.68. The van der Waals surface area contributed by atoms with Crippen LogP contribution < -0.4 is 0 Å². The standard InChI is InChI=1S/C6H10O2S2/c1-5(2)6(7)8-10-4-3-9/h9H,1,3-4H2,2H3. The Hall–Kier alpha value is -0.0900. The SMILES string of the molecule is C=C(C)C(=O)OSCCS. The highest BCUT2D eigenvalue weighted by molar-refractivity contribution is 7.95. The summed E-state index contributed by atoms with van der Waals surface area (Å²) in [6.07, 6.45) is 0. The van der Waals surface area contributed by atoms with Crippen LogP contribution in [0.2, 0.25) is 0 Å². The van der Waals surface area contributed by atoms with Crippen LogP contribution in [0.25, 0.3) is 0 Å². The molecule has 4 heteroatoms. The highest BCUT2D eigenvalue weighted by Crippen LogP contribution is 2.06. The predicted octanol–water partition coefficient (Wildman–Crippen LogP) is 1.68. The Balaban J connectivity index is 3.31. The van der Waals surface area contributed by atoms with Crippen LogP contribution in [0.3, 0.4) is 0 Å². The van der Waals surface area contributed by atoms with E-state index < -0.39 is 0 Å². The molecule has 10 heavy (non-hydrogen) atoms. The van der Waals surface area contributed by atoms with Gasteiger partial charge >= 0.3 is 5.97 Å². The van der Waals surface area contributed by atoms with Crippen LogP contribution >= 0.6 is 24.7 Å². The fourth-order valence-corrected chi connectivity index (χ4v) is 0.834. The van der Waals surface area contributed by atoms with E-state index in [9.17, 15) is 4.79 Å². The average molecular weight is 178 g/mol. The van der Waals surface area contributed by atoms with Gasteiger partial charge in [0.05, 0.1) is 12.0 Å². The second-order valence-corrected chi connectivity index (χ2v) is 2.95. The third kappa shape index (κ3) is 4.76. The van der Waals surface area contributed by atoms with E-state index in [0.29, 0.717) is 17.1 Å².